The number of anilines is 1. The molecule has 6 nitrogen and oxygen atoms in total. The molecule has 0 bridgehead atoms. The lowest BCUT2D eigenvalue weighted by molar-refractivity contribution is -0.113. The molecule has 7 heteroatoms. The molecule has 0 fully saturated rings. The lowest BCUT2D eigenvalue weighted by Crippen LogP contribution is -2.14. The fourth-order valence-corrected chi connectivity index (χ4v) is 3.30. The summed E-state index contributed by atoms with van der Waals surface area (Å²) >= 11 is 1.29. The van der Waals surface area contributed by atoms with E-state index in [-0.39, 0.29) is 11.7 Å². The number of nitriles is 1. The number of aromatic nitrogens is 2. The molecule has 0 atom stereocenters. The predicted molar refractivity (Wildman–Crippen MR) is 99.8 cm³/mol. The quantitative estimate of drug-likeness (QED) is 0.437. The van der Waals surface area contributed by atoms with E-state index >= 15 is 0 Å². The van der Waals surface area contributed by atoms with Crippen LogP contribution >= 0.6 is 11.8 Å². The summed E-state index contributed by atoms with van der Waals surface area (Å²) < 4.78 is 5.85. The van der Waals surface area contributed by atoms with Gasteiger partial charge >= 0.3 is 0 Å². The number of thioether (sulfide) groups is 1. The van der Waals surface area contributed by atoms with Crippen LogP contribution < -0.4 is 5.32 Å². The van der Waals surface area contributed by atoms with Crippen LogP contribution in [0.15, 0.2) is 64.3 Å². The normalized spacial score (nSPS) is 10.7. The van der Waals surface area contributed by atoms with Gasteiger partial charge in [-0.05, 0) is 36.4 Å². The number of nitrogens with zero attached hydrogens (tertiary/aromatic N) is 3. The summed E-state index contributed by atoms with van der Waals surface area (Å²) in [6.07, 6.45) is 1.48. The number of carbonyl (C=O) groups excluding carboxylic acids is 1. The van der Waals surface area contributed by atoms with E-state index in [0.717, 1.165) is 16.5 Å². The van der Waals surface area contributed by atoms with Crippen LogP contribution in [0.3, 0.4) is 0 Å². The Hall–Kier alpha value is -3.37. The molecule has 0 radical (unpaired) electrons. The summed E-state index contributed by atoms with van der Waals surface area (Å²) in [4.78, 5) is 20.7. The van der Waals surface area contributed by atoms with Gasteiger partial charge in [0.05, 0.1) is 17.4 Å². The number of hydrogen-bond acceptors (Lipinski definition) is 6. The van der Waals surface area contributed by atoms with E-state index in [1.54, 1.807) is 24.3 Å². The first kappa shape index (κ1) is 16.1. The maximum Gasteiger partial charge on any atom is 0.234 e. The Labute approximate surface area is 152 Å². The maximum absolute atomic E-state index is 12.2. The minimum atomic E-state index is -0.164. The van der Waals surface area contributed by atoms with Crippen molar-refractivity contribution in [3.8, 4) is 6.07 Å². The molecule has 0 saturated carbocycles. The Morgan fingerprint density at radius 3 is 2.77 bits per heavy atom. The molecule has 0 unspecified atom stereocenters. The molecule has 1 N–H and O–H groups in total. The largest absolute Gasteiger partial charge is 0.451 e. The van der Waals surface area contributed by atoms with Gasteiger partial charge in [0, 0.05) is 11.1 Å². The van der Waals surface area contributed by atoms with Crippen LogP contribution in [0.1, 0.15) is 5.56 Å². The number of carbonyl (C=O) groups is 1. The number of rotatable bonds is 4. The fraction of sp³-hybridized carbons (Fsp3) is 0.0526. The average Bonchev–Trinajstić information content (AvgIpc) is 3.06. The molecule has 4 rings (SSSR count). The second-order valence-electron chi connectivity index (χ2n) is 5.48. The molecule has 2 heterocycles. The molecular formula is C19H12N4O2S. The van der Waals surface area contributed by atoms with Gasteiger partial charge in [-0.3, -0.25) is 4.79 Å². The summed E-state index contributed by atoms with van der Waals surface area (Å²) in [5, 5.41) is 13.1. The van der Waals surface area contributed by atoms with Crippen LogP contribution in [0.5, 0.6) is 0 Å². The standard InChI is InChI=1S/C19H12N4O2S/c20-9-12-5-7-13(8-6-12)23-16(24)10-26-19-18-17(21-11-22-19)14-3-1-2-4-15(14)25-18/h1-8,11H,10H2,(H,23,24). The third-order valence-corrected chi connectivity index (χ3v) is 4.73. The molecule has 2 aromatic heterocycles. The SMILES string of the molecule is N#Cc1ccc(NC(=O)CSc2ncnc3c2oc2ccccc23)cc1. The van der Waals surface area contributed by atoms with E-state index < -0.39 is 0 Å². The van der Waals surface area contributed by atoms with Gasteiger partial charge in [0.15, 0.2) is 5.58 Å². The van der Waals surface area contributed by atoms with Crippen molar-refractivity contribution in [3.05, 3.63) is 60.4 Å². The molecule has 0 spiro atoms. The van der Waals surface area contributed by atoms with E-state index in [1.165, 1.54) is 18.1 Å². The molecule has 0 aliphatic carbocycles. The van der Waals surface area contributed by atoms with Gasteiger partial charge in [0.25, 0.3) is 0 Å². The lowest BCUT2D eigenvalue weighted by Gasteiger charge is -2.05. The number of benzene rings is 2. The monoisotopic (exact) mass is 360 g/mol. The highest BCUT2D eigenvalue weighted by Gasteiger charge is 2.14. The number of para-hydroxylation sites is 1. The zero-order valence-corrected chi connectivity index (χ0v) is 14.3. The number of fused-ring (bicyclic) bond motifs is 3. The minimum Gasteiger partial charge on any atom is -0.451 e. The van der Waals surface area contributed by atoms with E-state index in [0.29, 0.717) is 21.9 Å². The highest BCUT2D eigenvalue weighted by atomic mass is 32.2. The number of furan rings is 1. The van der Waals surface area contributed by atoms with E-state index in [9.17, 15) is 4.79 Å². The summed E-state index contributed by atoms with van der Waals surface area (Å²) in [6, 6.07) is 16.4. The van der Waals surface area contributed by atoms with Crippen molar-refractivity contribution in [2.75, 3.05) is 11.1 Å². The van der Waals surface area contributed by atoms with Crippen molar-refractivity contribution >= 4 is 45.4 Å². The third kappa shape index (κ3) is 3.10. The molecule has 26 heavy (non-hydrogen) atoms. The Kier molecular flexibility index (Phi) is 4.25. The Morgan fingerprint density at radius 1 is 1.15 bits per heavy atom. The third-order valence-electron chi connectivity index (χ3n) is 3.76. The molecule has 0 aliphatic heterocycles. The molecule has 4 aromatic rings. The first-order chi connectivity index (χ1) is 12.7. The predicted octanol–water partition coefficient (Wildman–Crippen LogP) is 3.98. The van der Waals surface area contributed by atoms with Crippen molar-refractivity contribution in [1.82, 2.24) is 9.97 Å². The fourth-order valence-electron chi connectivity index (χ4n) is 2.56. The van der Waals surface area contributed by atoms with E-state index in [4.69, 9.17) is 9.68 Å². The van der Waals surface area contributed by atoms with Crippen LogP contribution in [-0.4, -0.2) is 21.6 Å². The zero-order valence-electron chi connectivity index (χ0n) is 13.5. The van der Waals surface area contributed by atoms with Crippen LogP contribution in [0, 0.1) is 11.3 Å². The van der Waals surface area contributed by atoms with Crippen molar-refractivity contribution in [1.29, 1.82) is 5.26 Å². The molecular weight excluding hydrogens is 348 g/mol. The first-order valence-corrected chi connectivity index (χ1v) is 8.78. The van der Waals surface area contributed by atoms with E-state index in [2.05, 4.69) is 15.3 Å². The topological polar surface area (TPSA) is 91.8 Å². The van der Waals surface area contributed by atoms with Gasteiger partial charge in [0.1, 0.15) is 22.5 Å². The van der Waals surface area contributed by atoms with Crippen molar-refractivity contribution in [2.45, 2.75) is 5.03 Å². The van der Waals surface area contributed by atoms with Crippen molar-refractivity contribution in [2.24, 2.45) is 0 Å². The van der Waals surface area contributed by atoms with Gasteiger partial charge in [-0.1, -0.05) is 23.9 Å². The number of hydrogen-bond donors (Lipinski definition) is 1. The van der Waals surface area contributed by atoms with E-state index in [1.807, 2.05) is 30.3 Å². The Bertz CT molecular complexity index is 1150. The highest BCUT2D eigenvalue weighted by molar-refractivity contribution is 8.00. The summed E-state index contributed by atoms with van der Waals surface area (Å²) in [7, 11) is 0. The molecule has 0 aliphatic rings. The second kappa shape index (κ2) is 6.86. The van der Waals surface area contributed by atoms with Crippen molar-refractivity contribution < 1.29 is 9.21 Å². The van der Waals surface area contributed by atoms with Gasteiger partial charge in [-0.15, -0.1) is 0 Å². The van der Waals surface area contributed by atoms with Gasteiger partial charge in [-0.2, -0.15) is 5.26 Å². The van der Waals surface area contributed by atoms with Crippen LogP contribution in [0.2, 0.25) is 0 Å². The maximum atomic E-state index is 12.2. The number of nitrogens with one attached hydrogen (secondary N) is 1. The van der Waals surface area contributed by atoms with Crippen LogP contribution in [-0.2, 0) is 4.79 Å². The van der Waals surface area contributed by atoms with Crippen LogP contribution in [0.25, 0.3) is 22.1 Å². The average molecular weight is 360 g/mol. The summed E-state index contributed by atoms with van der Waals surface area (Å²) in [5.74, 6) is 0.0194. The molecule has 0 saturated heterocycles. The van der Waals surface area contributed by atoms with Gasteiger partial charge in [-0.25, -0.2) is 9.97 Å². The van der Waals surface area contributed by atoms with Gasteiger partial charge < -0.3 is 9.73 Å². The second-order valence-corrected chi connectivity index (χ2v) is 6.44. The highest BCUT2D eigenvalue weighted by Crippen LogP contribution is 2.32. The molecule has 2 aromatic carbocycles. The van der Waals surface area contributed by atoms with Gasteiger partial charge in [0.2, 0.25) is 5.91 Å². The zero-order chi connectivity index (χ0) is 17.9. The first-order valence-electron chi connectivity index (χ1n) is 7.79. The number of amides is 1. The summed E-state index contributed by atoms with van der Waals surface area (Å²) in [6.45, 7) is 0. The molecule has 1 amide bonds. The Balaban J connectivity index is 1.50. The minimum absolute atomic E-state index is 0.164. The Morgan fingerprint density at radius 2 is 1.96 bits per heavy atom. The summed E-state index contributed by atoms with van der Waals surface area (Å²) in [5.41, 5.74) is 3.26. The smallest absolute Gasteiger partial charge is 0.234 e. The molecule has 126 valence electrons. The lowest BCUT2D eigenvalue weighted by atomic mass is 10.2. The van der Waals surface area contributed by atoms with Crippen LogP contribution in [0.4, 0.5) is 5.69 Å². The van der Waals surface area contributed by atoms with Crippen molar-refractivity contribution in [3.63, 3.8) is 0 Å².